The van der Waals surface area contributed by atoms with E-state index in [4.69, 9.17) is 4.98 Å². The lowest BCUT2D eigenvalue weighted by molar-refractivity contribution is -0.119. The first-order valence-corrected chi connectivity index (χ1v) is 12.0. The number of aromatic nitrogens is 2. The first kappa shape index (κ1) is 18.5. The molecular formula is C19H17N3OS4. The van der Waals surface area contributed by atoms with Crippen LogP contribution in [0.4, 0.5) is 0 Å². The smallest absolute Gasteiger partial charge is 0.230 e. The van der Waals surface area contributed by atoms with Gasteiger partial charge in [0.2, 0.25) is 5.91 Å². The Balaban J connectivity index is 1.46. The van der Waals surface area contributed by atoms with Crippen molar-refractivity contribution in [2.45, 2.75) is 18.1 Å². The lowest BCUT2D eigenvalue weighted by Gasteiger charge is -2.11. The number of nitrogens with zero attached hydrogens (tertiary/aromatic N) is 1. The molecule has 138 valence electrons. The van der Waals surface area contributed by atoms with Crippen LogP contribution in [-0.4, -0.2) is 21.6 Å². The van der Waals surface area contributed by atoms with Gasteiger partial charge >= 0.3 is 0 Å². The van der Waals surface area contributed by atoms with Crippen molar-refractivity contribution < 1.29 is 4.79 Å². The maximum Gasteiger partial charge on any atom is 0.230 e. The molecule has 0 aromatic carbocycles. The number of thiophene rings is 3. The average Bonchev–Trinajstić information content (AvgIpc) is 3.47. The summed E-state index contributed by atoms with van der Waals surface area (Å²) < 4.78 is 0. The summed E-state index contributed by atoms with van der Waals surface area (Å²) in [5.74, 6) is 0.337. The zero-order valence-corrected chi connectivity index (χ0v) is 17.7. The van der Waals surface area contributed by atoms with E-state index in [1.54, 1.807) is 34.0 Å². The lowest BCUT2D eigenvalue weighted by Crippen LogP contribution is -2.27. The summed E-state index contributed by atoms with van der Waals surface area (Å²) in [7, 11) is 0. The van der Waals surface area contributed by atoms with Gasteiger partial charge in [0.25, 0.3) is 0 Å². The molecule has 1 amide bonds. The number of thioether (sulfide) groups is 1. The Morgan fingerprint density at radius 1 is 1.11 bits per heavy atom. The summed E-state index contributed by atoms with van der Waals surface area (Å²) in [4.78, 5) is 23.9. The molecule has 0 bridgehead atoms. The Morgan fingerprint density at radius 2 is 1.81 bits per heavy atom. The van der Waals surface area contributed by atoms with Crippen molar-refractivity contribution in [1.29, 1.82) is 0 Å². The second-order valence-electron chi connectivity index (χ2n) is 5.81. The minimum Gasteiger partial charge on any atom is -0.348 e. The second kappa shape index (κ2) is 8.43. The van der Waals surface area contributed by atoms with Crippen LogP contribution >= 0.6 is 45.8 Å². The van der Waals surface area contributed by atoms with Crippen LogP contribution in [0.15, 0.2) is 57.7 Å². The summed E-state index contributed by atoms with van der Waals surface area (Å²) in [6.07, 6.45) is 0. The van der Waals surface area contributed by atoms with Crippen molar-refractivity contribution in [3.05, 3.63) is 57.4 Å². The van der Waals surface area contributed by atoms with Crippen LogP contribution in [0.1, 0.15) is 17.8 Å². The molecule has 4 aromatic rings. The molecule has 27 heavy (non-hydrogen) atoms. The lowest BCUT2D eigenvalue weighted by atomic mass is 10.2. The molecule has 0 aliphatic carbocycles. The van der Waals surface area contributed by atoms with Gasteiger partial charge in [0.1, 0.15) is 5.69 Å². The van der Waals surface area contributed by atoms with Crippen LogP contribution in [0.25, 0.3) is 21.1 Å². The number of carbonyl (C=O) groups excluding carboxylic acids is 1. The number of rotatable bonds is 7. The summed E-state index contributed by atoms with van der Waals surface area (Å²) in [6, 6.07) is 12.3. The number of hydrogen-bond donors (Lipinski definition) is 2. The monoisotopic (exact) mass is 431 g/mol. The quantitative estimate of drug-likeness (QED) is 0.358. The third kappa shape index (κ3) is 4.35. The summed E-state index contributed by atoms with van der Waals surface area (Å²) in [5, 5.41) is 9.93. The molecule has 4 nitrogen and oxygen atoms in total. The molecule has 0 aliphatic rings. The van der Waals surface area contributed by atoms with Crippen LogP contribution in [0.3, 0.4) is 0 Å². The molecule has 4 heterocycles. The van der Waals surface area contributed by atoms with Crippen molar-refractivity contribution in [2.75, 3.05) is 5.75 Å². The zero-order chi connectivity index (χ0) is 18.6. The van der Waals surface area contributed by atoms with Gasteiger partial charge in [-0.3, -0.25) is 4.79 Å². The molecule has 0 aliphatic heterocycles. The highest BCUT2D eigenvalue weighted by Crippen LogP contribution is 2.36. The Kier molecular flexibility index (Phi) is 5.77. The molecular weight excluding hydrogens is 414 g/mol. The Morgan fingerprint density at radius 3 is 2.48 bits per heavy atom. The van der Waals surface area contributed by atoms with E-state index < -0.39 is 0 Å². The fraction of sp³-hybridized carbons (Fsp3) is 0.158. The second-order valence-corrected chi connectivity index (χ2v) is 9.65. The minimum absolute atomic E-state index is 0.00708. The largest absolute Gasteiger partial charge is 0.348 e. The number of carbonyl (C=O) groups is 1. The number of H-pyrrole nitrogens is 1. The van der Waals surface area contributed by atoms with Gasteiger partial charge < -0.3 is 10.3 Å². The Hall–Kier alpha value is -1.87. The Bertz CT molecular complexity index is 937. The van der Waals surface area contributed by atoms with Gasteiger partial charge in [-0.15, -0.1) is 34.0 Å². The van der Waals surface area contributed by atoms with Gasteiger partial charge in [0.15, 0.2) is 5.16 Å². The predicted molar refractivity (Wildman–Crippen MR) is 117 cm³/mol. The Labute approximate surface area is 173 Å². The van der Waals surface area contributed by atoms with Crippen LogP contribution in [-0.2, 0) is 4.79 Å². The molecule has 0 saturated carbocycles. The third-order valence-electron chi connectivity index (χ3n) is 3.89. The minimum atomic E-state index is 0.00708. The van der Waals surface area contributed by atoms with E-state index in [9.17, 15) is 4.79 Å². The molecule has 0 fully saturated rings. The maximum atomic E-state index is 12.3. The van der Waals surface area contributed by atoms with E-state index in [2.05, 4.69) is 33.2 Å². The fourth-order valence-corrected chi connectivity index (χ4v) is 5.50. The van der Waals surface area contributed by atoms with Crippen molar-refractivity contribution in [3.63, 3.8) is 0 Å². The molecule has 0 radical (unpaired) electrons. The van der Waals surface area contributed by atoms with E-state index in [1.807, 2.05) is 36.6 Å². The summed E-state index contributed by atoms with van der Waals surface area (Å²) >= 11 is 6.43. The number of imidazole rings is 1. The number of hydrogen-bond acceptors (Lipinski definition) is 6. The van der Waals surface area contributed by atoms with E-state index >= 15 is 0 Å². The number of amides is 1. The maximum absolute atomic E-state index is 12.3. The van der Waals surface area contributed by atoms with Crippen molar-refractivity contribution in [2.24, 2.45) is 0 Å². The molecule has 1 atom stereocenters. The van der Waals surface area contributed by atoms with Crippen LogP contribution < -0.4 is 5.32 Å². The highest BCUT2D eigenvalue weighted by Gasteiger charge is 2.17. The van der Waals surface area contributed by atoms with Gasteiger partial charge in [-0.05, 0) is 41.3 Å². The predicted octanol–water partition coefficient (Wildman–Crippen LogP) is 5.90. The third-order valence-corrected chi connectivity index (χ3v) is 7.58. The van der Waals surface area contributed by atoms with E-state index in [-0.39, 0.29) is 11.9 Å². The highest BCUT2D eigenvalue weighted by atomic mass is 32.2. The van der Waals surface area contributed by atoms with E-state index in [0.717, 1.165) is 31.2 Å². The van der Waals surface area contributed by atoms with E-state index in [1.165, 1.54) is 11.8 Å². The first-order chi connectivity index (χ1) is 13.2. The SMILES string of the molecule is CC(NC(=O)CSc1nc(-c2cccs2)c(-c2cccs2)[nH]1)c1cccs1. The van der Waals surface area contributed by atoms with Crippen LogP contribution in [0.2, 0.25) is 0 Å². The molecule has 4 aromatic heterocycles. The van der Waals surface area contributed by atoms with Gasteiger partial charge in [-0.2, -0.15) is 0 Å². The van der Waals surface area contributed by atoms with Gasteiger partial charge in [0, 0.05) is 4.88 Å². The van der Waals surface area contributed by atoms with Crippen molar-refractivity contribution >= 4 is 51.7 Å². The van der Waals surface area contributed by atoms with Crippen molar-refractivity contribution in [1.82, 2.24) is 15.3 Å². The highest BCUT2D eigenvalue weighted by molar-refractivity contribution is 7.99. The number of nitrogens with one attached hydrogen (secondary N) is 2. The first-order valence-electron chi connectivity index (χ1n) is 8.34. The fourth-order valence-electron chi connectivity index (χ4n) is 2.64. The molecule has 2 N–H and O–H groups in total. The molecule has 0 saturated heterocycles. The molecule has 4 rings (SSSR count). The summed E-state index contributed by atoms with van der Waals surface area (Å²) in [6.45, 7) is 2.01. The van der Waals surface area contributed by atoms with Gasteiger partial charge in [0.05, 0.1) is 27.2 Å². The standard InChI is InChI=1S/C19H17N3OS4/c1-12(13-5-2-8-24-13)20-16(23)11-27-19-21-17(14-6-3-9-25-14)18(22-19)15-7-4-10-26-15/h2-10,12H,11H2,1H3,(H,20,23)(H,21,22). The van der Waals surface area contributed by atoms with Gasteiger partial charge in [-0.25, -0.2) is 4.98 Å². The van der Waals surface area contributed by atoms with E-state index in [0.29, 0.717) is 5.75 Å². The van der Waals surface area contributed by atoms with Crippen molar-refractivity contribution in [3.8, 4) is 21.1 Å². The van der Waals surface area contributed by atoms with Gasteiger partial charge in [-0.1, -0.05) is 30.0 Å². The average molecular weight is 432 g/mol. The van der Waals surface area contributed by atoms with Crippen LogP contribution in [0.5, 0.6) is 0 Å². The molecule has 8 heteroatoms. The zero-order valence-electron chi connectivity index (χ0n) is 14.5. The summed E-state index contributed by atoms with van der Waals surface area (Å²) in [5.41, 5.74) is 1.96. The number of aromatic amines is 1. The van der Waals surface area contributed by atoms with Crippen LogP contribution in [0, 0.1) is 0 Å². The normalized spacial score (nSPS) is 12.2. The molecule has 0 spiro atoms. The topological polar surface area (TPSA) is 57.8 Å². The molecule has 1 unspecified atom stereocenters.